The van der Waals surface area contributed by atoms with Crippen LogP contribution in [0.25, 0.3) is 10.9 Å². The molecular formula is C22H24N4O. The summed E-state index contributed by atoms with van der Waals surface area (Å²) in [5.74, 6) is 0.710. The molecule has 0 spiro atoms. The van der Waals surface area contributed by atoms with Crippen molar-refractivity contribution in [3.05, 3.63) is 65.4 Å². The van der Waals surface area contributed by atoms with Crippen molar-refractivity contribution in [2.75, 3.05) is 18.4 Å². The van der Waals surface area contributed by atoms with Gasteiger partial charge in [-0.15, -0.1) is 0 Å². The third-order valence-corrected chi connectivity index (χ3v) is 5.10. The maximum Gasteiger partial charge on any atom is 0.228 e. The number of carbonyl (C=O) groups excluding carboxylic acids is 1. The average Bonchev–Trinajstić information content (AvgIpc) is 3.17. The molecule has 0 saturated carbocycles. The number of nitrogens with zero attached hydrogens (tertiary/aromatic N) is 2. The van der Waals surface area contributed by atoms with Crippen LogP contribution in [0, 0.1) is 12.8 Å². The fourth-order valence-corrected chi connectivity index (χ4v) is 3.67. The van der Waals surface area contributed by atoms with E-state index in [1.54, 1.807) is 0 Å². The number of carbonyl (C=O) groups is 1. The molecule has 1 fully saturated rings. The minimum atomic E-state index is -0.0234. The predicted octanol–water partition coefficient (Wildman–Crippen LogP) is 3.27. The van der Waals surface area contributed by atoms with Crippen molar-refractivity contribution in [2.24, 2.45) is 5.92 Å². The van der Waals surface area contributed by atoms with Crippen LogP contribution in [-0.2, 0) is 17.6 Å². The number of hydrogen-bond acceptors (Lipinski definition) is 4. The number of aromatic nitrogens is 2. The third kappa shape index (κ3) is 4.31. The molecule has 2 N–H and O–H groups in total. The highest BCUT2D eigenvalue weighted by atomic mass is 16.1. The Labute approximate surface area is 159 Å². The van der Waals surface area contributed by atoms with Crippen molar-refractivity contribution in [1.29, 1.82) is 0 Å². The van der Waals surface area contributed by atoms with Gasteiger partial charge < -0.3 is 10.6 Å². The van der Waals surface area contributed by atoms with Crippen molar-refractivity contribution >= 4 is 22.5 Å². The van der Waals surface area contributed by atoms with E-state index < -0.39 is 0 Å². The molecular weight excluding hydrogens is 336 g/mol. The van der Waals surface area contributed by atoms with Crippen LogP contribution >= 0.6 is 0 Å². The zero-order valence-corrected chi connectivity index (χ0v) is 15.5. The van der Waals surface area contributed by atoms with E-state index in [2.05, 4.69) is 45.1 Å². The highest BCUT2D eigenvalue weighted by Crippen LogP contribution is 2.22. The monoisotopic (exact) mass is 360 g/mol. The van der Waals surface area contributed by atoms with E-state index in [0.29, 0.717) is 6.42 Å². The number of benzene rings is 2. The molecule has 1 aromatic heterocycles. The van der Waals surface area contributed by atoms with E-state index in [4.69, 9.17) is 0 Å². The van der Waals surface area contributed by atoms with Crippen LogP contribution in [0.1, 0.15) is 23.2 Å². The molecule has 1 aliphatic heterocycles. The van der Waals surface area contributed by atoms with Crippen LogP contribution in [0.15, 0.2) is 48.5 Å². The summed E-state index contributed by atoms with van der Waals surface area (Å²) in [6.45, 7) is 4.13. The molecule has 3 aromatic rings. The number of rotatable bonds is 5. The minimum Gasteiger partial charge on any atom is -0.325 e. The Balaban J connectivity index is 1.41. The van der Waals surface area contributed by atoms with Crippen LogP contribution in [0.5, 0.6) is 0 Å². The van der Waals surface area contributed by atoms with Crippen LogP contribution < -0.4 is 10.6 Å². The molecule has 5 heteroatoms. The Morgan fingerprint density at radius 3 is 2.74 bits per heavy atom. The van der Waals surface area contributed by atoms with Crippen molar-refractivity contribution in [3.63, 3.8) is 0 Å². The lowest BCUT2D eigenvalue weighted by molar-refractivity contribution is -0.115. The lowest BCUT2D eigenvalue weighted by Gasteiger charge is -2.10. The molecule has 5 nitrogen and oxygen atoms in total. The summed E-state index contributed by atoms with van der Waals surface area (Å²) in [7, 11) is 0. The number of hydrogen-bond donors (Lipinski definition) is 2. The van der Waals surface area contributed by atoms with Gasteiger partial charge in [0.25, 0.3) is 0 Å². The Morgan fingerprint density at radius 1 is 1.15 bits per heavy atom. The van der Waals surface area contributed by atoms with E-state index in [1.165, 1.54) is 12.0 Å². The molecule has 0 radical (unpaired) electrons. The van der Waals surface area contributed by atoms with Gasteiger partial charge in [0, 0.05) is 5.39 Å². The molecule has 27 heavy (non-hydrogen) atoms. The molecule has 1 aliphatic rings. The summed E-state index contributed by atoms with van der Waals surface area (Å²) >= 11 is 0. The average molecular weight is 360 g/mol. The molecule has 138 valence electrons. The maximum atomic E-state index is 12.5. The van der Waals surface area contributed by atoms with Gasteiger partial charge in [0.15, 0.2) is 0 Å². The zero-order chi connectivity index (χ0) is 18.6. The smallest absolute Gasteiger partial charge is 0.228 e. The summed E-state index contributed by atoms with van der Waals surface area (Å²) in [4.78, 5) is 12.5. The lowest BCUT2D eigenvalue weighted by Crippen LogP contribution is -2.15. The first-order valence-corrected chi connectivity index (χ1v) is 9.49. The van der Waals surface area contributed by atoms with Crippen molar-refractivity contribution in [1.82, 2.24) is 15.5 Å². The van der Waals surface area contributed by atoms with Gasteiger partial charge in [-0.25, -0.2) is 0 Å². The van der Waals surface area contributed by atoms with Gasteiger partial charge in [0.05, 0.1) is 23.3 Å². The Kier molecular flexibility index (Phi) is 5.12. The number of anilines is 1. The summed E-state index contributed by atoms with van der Waals surface area (Å²) in [5, 5.41) is 15.6. The van der Waals surface area contributed by atoms with E-state index in [-0.39, 0.29) is 5.91 Å². The predicted molar refractivity (Wildman–Crippen MR) is 108 cm³/mol. The molecule has 2 aromatic carbocycles. The minimum absolute atomic E-state index is 0.0234. The summed E-state index contributed by atoms with van der Waals surface area (Å²) in [5.41, 5.74) is 4.76. The van der Waals surface area contributed by atoms with E-state index in [0.717, 1.165) is 53.3 Å². The third-order valence-electron chi connectivity index (χ3n) is 5.10. The molecule has 0 bridgehead atoms. The van der Waals surface area contributed by atoms with Gasteiger partial charge in [-0.2, -0.15) is 10.2 Å². The molecule has 0 aliphatic carbocycles. The number of nitrogens with one attached hydrogen (secondary N) is 2. The largest absolute Gasteiger partial charge is 0.325 e. The van der Waals surface area contributed by atoms with Crippen molar-refractivity contribution < 1.29 is 4.79 Å². The number of fused-ring (bicyclic) bond motifs is 1. The van der Waals surface area contributed by atoms with E-state index >= 15 is 0 Å². The SMILES string of the molecule is Cc1cc2c(NC(=O)Cc3ccc(CC4CCNC4)cc3)cccc2nn1. The van der Waals surface area contributed by atoms with Gasteiger partial charge in [-0.1, -0.05) is 30.3 Å². The van der Waals surface area contributed by atoms with Crippen molar-refractivity contribution in [3.8, 4) is 0 Å². The highest BCUT2D eigenvalue weighted by molar-refractivity contribution is 6.01. The summed E-state index contributed by atoms with van der Waals surface area (Å²) < 4.78 is 0. The second-order valence-electron chi connectivity index (χ2n) is 7.33. The van der Waals surface area contributed by atoms with Gasteiger partial charge in [0.1, 0.15) is 0 Å². The maximum absolute atomic E-state index is 12.5. The second-order valence-corrected chi connectivity index (χ2v) is 7.33. The molecule has 2 heterocycles. The normalized spacial score (nSPS) is 16.6. The van der Waals surface area contributed by atoms with E-state index in [1.807, 2.05) is 31.2 Å². The van der Waals surface area contributed by atoms with Gasteiger partial charge in [0.2, 0.25) is 5.91 Å². The van der Waals surface area contributed by atoms with Gasteiger partial charge >= 0.3 is 0 Å². The lowest BCUT2D eigenvalue weighted by atomic mass is 9.97. The second kappa shape index (κ2) is 7.84. The van der Waals surface area contributed by atoms with Gasteiger partial charge in [-0.3, -0.25) is 4.79 Å². The first-order chi connectivity index (χ1) is 13.2. The number of amides is 1. The summed E-state index contributed by atoms with van der Waals surface area (Å²) in [6, 6.07) is 16.1. The van der Waals surface area contributed by atoms with Crippen LogP contribution in [-0.4, -0.2) is 29.2 Å². The molecule has 1 unspecified atom stereocenters. The first kappa shape index (κ1) is 17.6. The van der Waals surface area contributed by atoms with Crippen LogP contribution in [0.4, 0.5) is 5.69 Å². The zero-order valence-electron chi connectivity index (χ0n) is 15.5. The van der Waals surface area contributed by atoms with Crippen LogP contribution in [0.2, 0.25) is 0 Å². The Bertz CT molecular complexity index is 946. The Hall–Kier alpha value is -2.79. The fraction of sp³-hybridized carbons (Fsp3) is 0.318. The molecule has 1 amide bonds. The topological polar surface area (TPSA) is 66.9 Å². The highest BCUT2D eigenvalue weighted by Gasteiger charge is 2.15. The van der Waals surface area contributed by atoms with E-state index in [9.17, 15) is 4.79 Å². The molecule has 1 atom stereocenters. The first-order valence-electron chi connectivity index (χ1n) is 9.49. The standard InChI is InChI=1S/C22H24N4O/c1-15-11-19-20(3-2-4-21(19)26-25-15)24-22(27)13-17-7-5-16(6-8-17)12-18-9-10-23-14-18/h2-8,11,18,23H,9-10,12-14H2,1H3,(H,24,27). The van der Waals surface area contributed by atoms with Crippen molar-refractivity contribution in [2.45, 2.75) is 26.2 Å². The Morgan fingerprint density at radius 2 is 1.96 bits per heavy atom. The number of aryl methyl sites for hydroxylation is 1. The summed E-state index contributed by atoms with van der Waals surface area (Å²) in [6.07, 6.45) is 2.72. The molecule has 1 saturated heterocycles. The van der Waals surface area contributed by atoms with Crippen LogP contribution in [0.3, 0.4) is 0 Å². The molecule has 4 rings (SSSR count). The van der Waals surface area contributed by atoms with Gasteiger partial charge in [-0.05, 0) is 68.1 Å². The fourth-order valence-electron chi connectivity index (χ4n) is 3.67. The quantitative estimate of drug-likeness (QED) is 0.733.